The second-order valence-corrected chi connectivity index (χ2v) is 3.97. The summed E-state index contributed by atoms with van der Waals surface area (Å²) in [5.41, 5.74) is 3.61. The van der Waals surface area contributed by atoms with Gasteiger partial charge in [0, 0.05) is 14.2 Å². The number of halogens is 1. The summed E-state index contributed by atoms with van der Waals surface area (Å²) in [5.74, 6) is 5.53. The molecule has 1 heterocycles. The van der Waals surface area contributed by atoms with Crippen LogP contribution < -0.4 is 11.3 Å². The molecule has 0 saturated heterocycles. The quantitative estimate of drug-likeness (QED) is 0.606. The standard InChI is InChI=1S/C8H16BrN5O/c1-4-5(15-3)6(11-10)7-8(9)12-13-14(7)2/h5-6,11H,4,10H2,1-3H3. The minimum atomic E-state index is -0.130. The molecule has 6 nitrogen and oxygen atoms in total. The SMILES string of the molecule is CCC(OC)C(NN)c1c(Br)nnn1C. The molecular weight excluding hydrogens is 262 g/mol. The van der Waals surface area contributed by atoms with E-state index in [9.17, 15) is 0 Å². The van der Waals surface area contributed by atoms with Gasteiger partial charge in [0.1, 0.15) is 0 Å². The van der Waals surface area contributed by atoms with Gasteiger partial charge in [-0.3, -0.25) is 5.84 Å². The molecule has 1 aromatic heterocycles. The van der Waals surface area contributed by atoms with Crippen LogP contribution in [0.1, 0.15) is 25.1 Å². The Morgan fingerprint density at radius 2 is 2.33 bits per heavy atom. The Balaban J connectivity index is 3.01. The van der Waals surface area contributed by atoms with Gasteiger partial charge in [0.2, 0.25) is 0 Å². The first-order chi connectivity index (χ1) is 7.15. The fourth-order valence-corrected chi connectivity index (χ4v) is 2.14. The topological polar surface area (TPSA) is 78.0 Å². The van der Waals surface area contributed by atoms with Crippen molar-refractivity contribution in [3.8, 4) is 0 Å². The van der Waals surface area contributed by atoms with Crippen molar-refractivity contribution in [2.24, 2.45) is 12.9 Å². The van der Waals surface area contributed by atoms with Crippen LogP contribution in [0.25, 0.3) is 0 Å². The molecule has 3 N–H and O–H groups in total. The normalized spacial score (nSPS) is 15.3. The highest BCUT2D eigenvalue weighted by atomic mass is 79.9. The maximum atomic E-state index is 5.53. The summed E-state index contributed by atoms with van der Waals surface area (Å²) >= 11 is 3.34. The monoisotopic (exact) mass is 277 g/mol. The largest absolute Gasteiger partial charge is 0.379 e. The minimum Gasteiger partial charge on any atom is -0.379 e. The second-order valence-electron chi connectivity index (χ2n) is 3.22. The van der Waals surface area contributed by atoms with Crippen LogP contribution in [0.2, 0.25) is 0 Å². The number of nitrogens with zero attached hydrogens (tertiary/aromatic N) is 3. The predicted molar refractivity (Wildman–Crippen MR) is 59.9 cm³/mol. The van der Waals surface area contributed by atoms with Crippen molar-refractivity contribution in [3.63, 3.8) is 0 Å². The number of rotatable bonds is 5. The van der Waals surface area contributed by atoms with Crippen LogP contribution in [0.15, 0.2) is 4.60 Å². The zero-order valence-electron chi connectivity index (χ0n) is 9.07. The van der Waals surface area contributed by atoms with Gasteiger partial charge in [-0.25, -0.2) is 10.1 Å². The highest BCUT2D eigenvalue weighted by Crippen LogP contribution is 2.25. The summed E-state index contributed by atoms with van der Waals surface area (Å²) < 4.78 is 7.71. The van der Waals surface area contributed by atoms with Crippen molar-refractivity contribution in [2.45, 2.75) is 25.5 Å². The van der Waals surface area contributed by atoms with E-state index < -0.39 is 0 Å². The summed E-state index contributed by atoms with van der Waals surface area (Å²) in [5, 5.41) is 7.82. The lowest BCUT2D eigenvalue weighted by molar-refractivity contribution is 0.0623. The molecule has 0 fully saturated rings. The number of aryl methyl sites for hydroxylation is 1. The van der Waals surface area contributed by atoms with E-state index in [1.54, 1.807) is 11.8 Å². The third kappa shape index (κ3) is 2.54. The Kier molecular flexibility index (Phi) is 4.65. The molecule has 0 saturated carbocycles. The van der Waals surface area contributed by atoms with Crippen LogP contribution in [0.4, 0.5) is 0 Å². The molecule has 0 aromatic carbocycles. The van der Waals surface area contributed by atoms with Crippen molar-refractivity contribution >= 4 is 15.9 Å². The fraction of sp³-hybridized carbons (Fsp3) is 0.750. The van der Waals surface area contributed by atoms with E-state index in [4.69, 9.17) is 10.6 Å². The van der Waals surface area contributed by atoms with Gasteiger partial charge in [-0.15, -0.1) is 5.10 Å². The van der Waals surface area contributed by atoms with Crippen molar-refractivity contribution in [1.82, 2.24) is 20.4 Å². The molecule has 15 heavy (non-hydrogen) atoms. The number of nitrogens with two attached hydrogens (primary N) is 1. The third-order valence-corrected chi connectivity index (χ3v) is 2.94. The number of hydrogen-bond donors (Lipinski definition) is 2. The average Bonchev–Trinajstić information content (AvgIpc) is 2.56. The lowest BCUT2D eigenvalue weighted by atomic mass is 10.1. The van der Waals surface area contributed by atoms with Crippen molar-refractivity contribution in [1.29, 1.82) is 0 Å². The number of hydrogen-bond acceptors (Lipinski definition) is 5. The van der Waals surface area contributed by atoms with Gasteiger partial charge in [0.15, 0.2) is 4.60 Å². The molecule has 0 spiro atoms. The van der Waals surface area contributed by atoms with E-state index >= 15 is 0 Å². The molecule has 1 rings (SSSR count). The third-order valence-electron chi connectivity index (χ3n) is 2.38. The number of hydrazine groups is 1. The molecule has 0 aliphatic carbocycles. The molecular formula is C8H16BrN5O. The van der Waals surface area contributed by atoms with Gasteiger partial charge >= 0.3 is 0 Å². The minimum absolute atomic E-state index is 0.0106. The van der Waals surface area contributed by atoms with E-state index in [-0.39, 0.29) is 12.1 Å². The first-order valence-corrected chi connectivity index (χ1v) is 5.49. The smallest absolute Gasteiger partial charge is 0.153 e. The van der Waals surface area contributed by atoms with Crippen molar-refractivity contribution < 1.29 is 4.74 Å². The number of ether oxygens (including phenoxy) is 1. The lowest BCUT2D eigenvalue weighted by Gasteiger charge is -2.24. The zero-order chi connectivity index (χ0) is 11.4. The molecule has 0 aliphatic rings. The first-order valence-electron chi connectivity index (χ1n) is 4.69. The van der Waals surface area contributed by atoms with Gasteiger partial charge in [0.05, 0.1) is 17.8 Å². The summed E-state index contributed by atoms with van der Waals surface area (Å²) in [7, 11) is 3.48. The molecule has 1 aromatic rings. The molecule has 7 heteroatoms. The number of nitrogens with one attached hydrogen (secondary N) is 1. The molecule has 0 aliphatic heterocycles. The van der Waals surface area contributed by atoms with E-state index in [0.29, 0.717) is 4.60 Å². The fourth-order valence-electron chi connectivity index (χ4n) is 1.57. The Labute approximate surface area is 97.3 Å². The maximum Gasteiger partial charge on any atom is 0.153 e. The van der Waals surface area contributed by atoms with E-state index in [1.165, 1.54) is 0 Å². The molecule has 2 atom stereocenters. The highest BCUT2D eigenvalue weighted by molar-refractivity contribution is 9.10. The highest BCUT2D eigenvalue weighted by Gasteiger charge is 2.26. The Bertz CT molecular complexity index is 292. The van der Waals surface area contributed by atoms with Crippen LogP contribution in [0.3, 0.4) is 0 Å². The Morgan fingerprint density at radius 1 is 1.67 bits per heavy atom. The van der Waals surface area contributed by atoms with Crippen LogP contribution in [-0.4, -0.2) is 28.2 Å². The predicted octanol–water partition coefficient (Wildman–Crippen LogP) is 0.507. The van der Waals surface area contributed by atoms with Gasteiger partial charge in [-0.2, -0.15) is 0 Å². The maximum absolute atomic E-state index is 5.53. The van der Waals surface area contributed by atoms with Crippen LogP contribution in [0, 0.1) is 0 Å². The lowest BCUT2D eigenvalue weighted by Crippen LogP contribution is -2.38. The van der Waals surface area contributed by atoms with Crippen LogP contribution in [0.5, 0.6) is 0 Å². The average molecular weight is 278 g/mol. The summed E-state index contributed by atoms with van der Waals surface area (Å²) in [4.78, 5) is 0. The van der Waals surface area contributed by atoms with Crippen molar-refractivity contribution in [2.75, 3.05) is 7.11 Å². The van der Waals surface area contributed by atoms with Gasteiger partial charge in [0.25, 0.3) is 0 Å². The molecule has 0 bridgehead atoms. The summed E-state index contributed by atoms with van der Waals surface area (Å²) in [6.07, 6.45) is 0.840. The number of aromatic nitrogens is 3. The van der Waals surface area contributed by atoms with Gasteiger partial charge in [-0.05, 0) is 22.4 Å². The number of methoxy groups -OCH3 is 1. The van der Waals surface area contributed by atoms with E-state index in [1.807, 2.05) is 14.0 Å². The second kappa shape index (κ2) is 5.55. The Morgan fingerprint density at radius 3 is 2.67 bits per heavy atom. The van der Waals surface area contributed by atoms with Crippen LogP contribution in [-0.2, 0) is 11.8 Å². The summed E-state index contributed by atoms with van der Waals surface area (Å²) in [6.45, 7) is 2.04. The van der Waals surface area contributed by atoms with Crippen molar-refractivity contribution in [3.05, 3.63) is 10.3 Å². The molecule has 0 amide bonds. The molecule has 86 valence electrons. The zero-order valence-corrected chi connectivity index (χ0v) is 10.7. The molecule has 0 radical (unpaired) electrons. The van der Waals surface area contributed by atoms with E-state index in [2.05, 4.69) is 31.7 Å². The summed E-state index contributed by atoms with van der Waals surface area (Å²) in [6, 6.07) is -0.130. The van der Waals surface area contributed by atoms with Gasteiger partial charge in [-0.1, -0.05) is 12.1 Å². The molecule has 2 unspecified atom stereocenters. The van der Waals surface area contributed by atoms with Gasteiger partial charge < -0.3 is 4.74 Å². The Hall–Kier alpha value is -0.500. The van der Waals surface area contributed by atoms with E-state index in [0.717, 1.165) is 12.1 Å². The van der Waals surface area contributed by atoms with Crippen LogP contribution >= 0.6 is 15.9 Å². The first kappa shape index (κ1) is 12.6.